The monoisotopic (exact) mass is 184 g/mol. The highest BCUT2D eigenvalue weighted by molar-refractivity contribution is 5.81. The van der Waals surface area contributed by atoms with E-state index in [1.165, 1.54) is 0 Å². The van der Waals surface area contributed by atoms with Crippen molar-refractivity contribution in [2.24, 2.45) is 11.8 Å². The summed E-state index contributed by atoms with van der Waals surface area (Å²) < 4.78 is 0. The summed E-state index contributed by atoms with van der Waals surface area (Å²) in [6, 6.07) is 0. The molecule has 0 aromatic rings. The van der Waals surface area contributed by atoms with Crippen LogP contribution in [0.5, 0.6) is 0 Å². The van der Waals surface area contributed by atoms with Gasteiger partial charge < -0.3 is 10.2 Å². The summed E-state index contributed by atoms with van der Waals surface area (Å²) in [5.74, 6) is 0.326. The molecule has 74 valence electrons. The maximum absolute atomic E-state index is 11.3. The van der Waals surface area contributed by atoms with Crippen LogP contribution in [0.3, 0.4) is 0 Å². The van der Waals surface area contributed by atoms with Crippen LogP contribution in [0.15, 0.2) is 0 Å². The number of nitrogens with one attached hydrogen (secondary N) is 1. The van der Waals surface area contributed by atoms with Crippen LogP contribution < -0.4 is 5.32 Å². The number of likely N-dealkylation sites (tertiary alicyclic amines) is 1. The largest absolute Gasteiger partial charge is 0.359 e. The third kappa shape index (κ3) is 1.99. The SMILES string of the molecule is CNC(=O)[C@@H]1CN(C(C)=O)C[C@H]1C. The van der Waals surface area contributed by atoms with Crippen LogP contribution in [-0.2, 0) is 9.59 Å². The maximum Gasteiger partial charge on any atom is 0.224 e. The lowest BCUT2D eigenvalue weighted by atomic mass is 9.98. The predicted molar refractivity (Wildman–Crippen MR) is 49.0 cm³/mol. The van der Waals surface area contributed by atoms with Gasteiger partial charge in [0.25, 0.3) is 0 Å². The lowest BCUT2D eigenvalue weighted by Crippen LogP contribution is -2.32. The molecule has 1 aliphatic rings. The van der Waals surface area contributed by atoms with E-state index >= 15 is 0 Å². The molecule has 0 aliphatic carbocycles. The highest BCUT2D eigenvalue weighted by Gasteiger charge is 2.35. The normalized spacial score (nSPS) is 27.5. The number of rotatable bonds is 1. The lowest BCUT2D eigenvalue weighted by molar-refractivity contribution is -0.128. The number of hydrogen-bond donors (Lipinski definition) is 1. The first kappa shape index (κ1) is 10.0. The summed E-state index contributed by atoms with van der Waals surface area (Å²) in [4.78, 5) is 24.1. The highest BCUT2D eigenvalue weighted by atomic mass is 16.2. The minimum absolute atomic E-state index is 0.0334. The quantitative estimate of drug-likeness (QED) is 0.616. The topological polar surface area (TPSA) is 49.4 Å². The number of hydrogen-bond acceptors (Lipinski definition) is 2. The second-order valence-electron chi connectivity index (χ2n) is 3.62. The van der Waals surface area contributed by atoms with Crippen LogP contribution in [0.4, 0.5) is 0 Å². The number of carbonyl (C=O) groups is 2. The molecule has 0 aromatic heterocycles. The van der Waals surface area contributed by atoms with Crippen molar-refractivity contribution in [3.63, 3.8) is 0 Å². The molecule has 4 heteroatoms. The van der Waals surface area contributed by atoms with Gasteiger partial charge in [-0.2, -0.15) is 0 Å². The molecule has 0 saturated carbocycles. The molecule has 1 fully saturated rings. The van der Waals surface area contributed by atoms with Crippen molar-refractivity contribution in [2.75, 3.05) is 20.1 Å². The Morgan fingerprint density at radius 1 is 1.38 bits per heavy atom. The first-order chi connectivity index (χ1) is 6.06. The van der Waals surface area contributed by atoms with Crippen molar-refractivity contribution in [3.8, 4) is 0 Å². The van der Waals surface area contributed by atoms with Gasteiger partial charge in [-0.3, -0.25) is 9.59 Å². The van der Waals surface area contributed by atoms with Crippen LogP contribution in [0.25, 0.3) is 0 Å². The lowest BCUT2D eigenvalue weighted by Gasteiger charge is -2.12. The fourth-order valence-corrected chi connectivity index (χ4v) is 1.75. The molecule has 2 atom stereocenters. The molecule has 4 nitrogen and oxygen atoms in total. The fourth-order valence-electron chi connectivity index (χ4n) is 1.75. The van der Waals surface area contributed by atoms with E-state index in [2.05, 4.69) is 5.32 Å². The molecule has 2 amide bonds. The highest BCUT2D eigenvalue weighted by Crippen LogP contribution is 2.22. The number of carbonyl (C=O) groups excluding carboxylic acids is 2. The zero-order valence-corrected chi connectivity index (χ0v) is 8.33. The van der Waals surface area contributed by atoms with Gasteiger partial charge in [0.2, 0.25) is 11.8 Å². The molecule has 0 radical (unpaired) electrons. The summed E-state index contributed by atoms with van der Waals surface area (Å²) in [5.41, 5.74) is 0. The van der Waals surface area contributed by atoms with Crippen molar-refractivity contribution in [1.29, 1.82) is 0 Å². The Kier molecular flexibility index (Phi) is 2.90. The second-order valence-corrected chi connectivity index (χ2v) is 3.62. The van der Waals surface area contributed by atoms with Crippen molar-refractivity contribution >= 4 is 11.8 Å². The van der Waals surface area contributed by atoms with Gasteiger partial charge in [-0.25, -0.2) is 0 Å². The van der Waals surface area contributed by atoms with Gasteiger partial charge in [0.15, 0.2) is 0 Å². The molecule has 1 N–H and O–H groups in total. The Bertz CT molecular complexity index is 228. The molecule has 1 saturated heterocycles. The molecular formula is C9H16N2O2. The van der Waals surface area contributed by atoms with Gasteiger partial charge in [0.05, 0.1) is 5.92 Å². The molecule has 0 aromatic carbocycles. The first-order valence-electron chi connectivity index (χ1n) is 4.53. The van der Waals surface area contributed by atoms with Crippen molar-refractivity contribution in [1.82, 2.24) is 10.2 Å². The van der Waals surface area contributed by atoms with E-state index in [0.29, 0.717) is 13.1 Å². The van der Waals surface area contributed by atoms with Crippen LogP contribution in [0.1, 0.15) is 13.8 Å². The third-order valence-corrected chi connectivity index (χ3v) is 2.64. The Morgan fingerprint density at radius 2 is 2.00 bits per heavy atom. The van der Waals surface area contributed by atoms with E-state index in [0.717, 1.165) is 0 Å². The molecule has 1 heterocycles. The summed E-state index contributed by atoms with van der Waals surface area (Å²) in [7, 11) is 1.63. The predicted octanol–water partition coefficient (Wildman–Crippen LogP) is -0.153. The van der Waals surface area contributed by atoms with Gasteiger partial charge in [-0.05, 0) is 5.92 Å². The zero-order valence-electron chi connectivity index (χ0n) is 8.33. The van der Waals surface area contributed by atoms with E-state index in [-0.39, 0.29) is 23.7 Å². The first-order valence-corrected chi connectivity index (χ1v) is 4.53. The summed E-state index contributed by atoms with van der Waals surface area (Å²) in [5, 5.41) is 2.62. The molecule has 0 spiro atoms. The Hall–Kier alpha value is -1.06. The van der Waals surface area contributed by atoms with E-state index in [1.807, 2.05) is 6.92 Å². The van der Waals surface area contributed by atoms with Gasteiger partial charge in [0, 0.05) is 27.1 Å². The van der Waals surface area contributed by atoms with Crippen LogP contribution in [0.2, 0.25) is 0 Å². The van der Waals surface area contributed by atoms with Gasteiger partial charge in [0.1, 0.15) is 0 Å². The Balaban J connectivity index is 2.61. The minimum atomic E-state index is -0.0334. The molecular weight excluding hydrogens is 168 g/mol. The molecule has 1 rings (SSSR count). The van der Waals surface area contributed by atoms with E-state index in [4.69, 9.17) is 0 Å². The fraction of sp³-hybridized carbons (Fsp3) is 0.778. The number of amides is 2. The van der Waals surface area contributed by atoms with Crippen molar-refractivity contribution in [3.05, 3.63) is 0 Å². The Morgan fingerprint density at radius 3 is 2.38 bits per heavy atom. The van der Waals surface area contributed by atoms with Crippen molar-refractivity contribution < 1.29 is 9.59 Å². The summed E-state index contributed by atoms with van der Waals surface area (Å²) in [6.07, 6.45) is 0. The van der Waals surface area contributed by atoms with E-state index < -0.39 is 0 Å². The molecule has 0 bridgehead atoms. The van der Waals surface area contributed by atoms with Crippen LogP contribution >= 0.6 is 0 Å². The second kappa shape index (κ2) is 3.77. The van der Waals surface area contributed by atoms with Crippen LogP contribution in [0, 0.1) is 11.8 Å². The minimum Gasteiger partial charge on any atom is -0.359 e. The third-order valence-electron chi connectivity index (χ3n) is 2.64. The zero-order chi connectivity index (χ0) is 10.0. The molecule has 13 heavy (non-hydrogen) atoms. The van der Waals surface area contributed by atoms with E-state index in [1.54, 1.807) is 18.9 Å². The molecule has 1 aliphatic heterocycles. The van der Waals surface area contributed by atoms with Crippen molar-refractivity contribution in [2.45, 2.75) is 13.8 Å². The number of nitrogens with zero attached hydrogens (tertiary/aromatic N) is 1. The average molecular weight is 184 g/mol. The van der Waals surface area contributed by atoms with Gasteiger partial charge in [-0.1, -0.05) is 6.92 Å². The van der Waals surface area contributed by atoms with Crippen LogP contribution in [-0.4, -0.2) is 36.9 Å². The standard InChI is InChI=1S/C9H16N2O2/c1-6-4-11(7(2)12)5-8(6)9(13)10-3/h6,8H,4-5H2,1-3H3,(H,10,13)/t6-,8-/m1/s1. The molecule has 0 unspecified atom stereocenters. The van der Waals surface area contributed by atoms with Gasteiger partial charge in [-0.15, -0.1) is 0 Å². The maximum atomic E-state index is 11.3. The van der Waals surface area contributed by atoms with Gasteiger partial charge >= 0.3 is 0 Å². The Labute approximate surface area is 78.3 Å². The smallest absolute Gasteiger partial charge is 0.224 e. The summed E-state index contributed by atoms with van der Waals surface area (Å²) >= 11 is 0. The summed E-state index contributed by atoms with van der Waals surface area (Å²) in [6.45, 7) is 4.81. The van der Waals surface area contributed by atoms with E-state index in [9.17, 15) is 9.59 Å². The average Bonchev–Trinajstić information content (AvgIpc) is 2.46.